The third-order valence-corrected chi connectivity index (χ3v) is 4.62. The Bertz CT molecular complexity index is 928. The number of ether oxygens (including phenoxy) is 1. The van der Waals surface area contributed by atoms with Crippen LogP contribution in [0.25, 0.3) is 11.0 Å². The standard InChI is InChI=1S/C16H14ClN3O2S/c1-8-9(17)7-12(22-2)14(18)13(8)15(23-21)16-19-10-5-3-4-6-11(10)20-16/h3-7H,18H2,1-2H3,(H,19,20). The third kappa shape index (κ3) is 2.60. The Hall–Kier alpha value is -2.31. The Balaban J connectivity index is 2.27. The number of methoxy groups -OCH3 is 1. The molecule has 0 aliphatic heterocycles. The van der Waals surface area contributed by atoms with Gasteiger partial charge in [-0.2, -0.15) is 0 Å². The van der Waals surface area contributed by atoms with Crippen molar-refractivity contribution in [3.05, 3.63) is 52.3 Å². The Morgan fingerprint density at radius 3 is 2.78 bits per heavy atom. The number of halogens is 1. The first-order chi connectivity index (χ1) is 11.1. The molecular formula is C16H14ClN3O2S. The Morgan fingerprint density at radius 2 is 2.13 bits per heavy atom. The van der Waals surface area contributed by atoms with Crippen LogP contribution >= 0.6 is 11.6 Å². The molecular weight excluding hydrogens is 334 g/mol. The summed E-state index contributed by atoms with van der Waals surface area (Å²) in [5, 5.41) is 0.480. The summed E-state index contributed by atoms with van der Waals surface area (Å²) in [7, 11) is 1.51. The molecule has 0 aliphatic rings. The van der Waals surface area contributed by atoms with E-state index in [0.29, 0.717) is 49.5 Å². The summed E-state index contributed by atoms with van der Waals surface area (Å²) in [6, 6.07) is 9.20. The van der Waals surface area contributed by atoms with Gasteiger partial charge in [0, 0.05) is 16.7 Å². The van der Waals surface area contributed by atoms with Crippen LogP contribution in [-0.4, -0.2) is 26.2 Å². The molecule has 0 radical (unpaired) electrons. The van der Waals surface area contributed by atoms with Crippen molar-refractivity contribution in [1.29, 1.82) is 0 Å². The second-order valence-electron chi connectivity index (χ2n) is 4.99. The van der Waals surface area contributed by atoms with E-state index in [1.165, 1.54) is 7.11 Å². The molecule has 0 atom stereocenters. The lowest BCUT2D eigenvalue weighted by atomic mass is 10.0. The highest BCUT2D eigenvalue weighted by Gasteiger charge is 2.21. The average Bonchev–Trinajstić information content (AvgIpc) is 2.98. The highest BCUT2D eigenvalue weighted by atomic mass is 35.5. The van der Waals surface area contributed by atoms with Gasteiger partial charge in [-0.05, 0) is 24.6 Å². The Morgan fingerprint density at radius 1 is 1.39 bits per heavy atom. The van der Waals surface area contributed by atoms with Crippen LogP contribution in [0.5, 0.6) is 5.75 Å². The number of rotatable bonds is 3. The number of imidazole rings is 1. The minimum atomic E-state index is 0.326. The predicted molar refractivity (Wildman–Crippen MR) is 94.6 cm³/mol. The largest absolute Gasteiger partial charge is 0.495 e. The molecule has 0 fully saturated rings. The fourth-order valence-corrected chi connectivity index (χ4v) is 3.18. The lowest BCUT2D eigenvalue weighted by Gasteiger charge is -2.14. The van der Waals surface area contributed by atoms with Gasteiger partial charge in [-0.15, -0.1) is 0 Å². The second kappa shape index (κ2) is 6.06. The number of anilines is 1. The van der Waals surface area contributed by atoms with Crippen molar-refractivity contribution < 1.29 is 8.95 Å². The highest BCUT2D eigenvalue weighted by molar-refractivity contribution is 7.67. The van der Waals surface area contributed by atoms with Crippen LogP contribution in [-0.2, 0) is 11.3 Å². The second-order valence-corrected chi connectivity index (χ2v) is 5.97. The molecule has 1 aromatic heterocycles. The number of nitrogens with two attached hydrogens (primary N) is 1. The highest BCUT2D eigenvalue weighted by Crippen LogP contribution is 2.34. The fourth-order valence-electron chi connectivity index (χ4n) is 2.47. The van der Waals surface area contributed by atoms with Crippen molar-refractivity contribution in [2.24, 2.45) is 0 Å². The molecule has 0 spiro atoms. The molecule has 0 bridgehead atoms. The lowest BCUT2D eigenvalue weighted by Crippen LogP contribution is -2.12. The first-order valence-corrected chi connectivity index (χ1v) is 7.93. The SMILES string of the molecule is COc1cc(Cl)c(C)c(C(=S=O)c2nc3ccccc3[nH]2)c1N. The van der Waals surface area contributed by atoms with Crippen LogP contribution in [0, 0.1) is 6.92 Å². The van der Waals surface area contributed by atoms with Gasteiger partial charge in [-0.25, -0.2) is 9.19 Å². The van der Waals surface area contributed by atoms with Crippen LogP contribution < -0.4 is 10.5 Å². The molecule has 2 aromatic carbocycles. The maximum atomic E-state index is 11.8. The number of fused-ring (bicyclic) bond motifs is 1. The van der Waals surface area contributed by atoms with Crippen molar-refractivity contribution in [2.45, 2.75) is 6.92 Å². The zero-order valence-electron chi connectivity index (χ0n) is 12.5. The first-order valence-electron chi connectivity index (χ1n) is 6.81. The van der Waals surface area contributed by atoms with E-state index in [2.05, 4.69) is 9.97 Å². The number of nitrogen functional groups attached to an aromatic ring is 1. The maximum Gasteiger partial charge on any atom is 0.152 e. The van der Waals surface area contributed by atoms with Crippen molar-refractivity contribution in [3.8, 4) is 5.75 Å². The van der Waals surface area contributed by atoms with E-state index in [4.69, 9.17) is 22.1 Å². The van der Waals surface area contributed by atoms with Crippen molar-refractivity contribution in [2.75, 3.05) is 12.8 Å². The van der Waals surface area contributed by atoms with Gasteiger partial charge < -0.3 is 15.5 Å². The van der Waals surface area contributed by atoms with Crippen LogP contribution in [0.3, 0.4) is 0 Å². The fraction of sp³-hybridized carbons (Fsp3) is 0.125. The normalized spacial score (nSPS) is 10.7. The van der Waals surface area contributed by atoms with Gasteiger partial charge in [0.15, 0.2) is 5.82 Å². The summed E-state index contributed by atoms with van der Waals surface area (Å²) >= 11 is 6.57. The van der Waals surface area contributed by atoms with E-state index in [9.17, 15) is 4.21 Å². The number of hydrogen-bond acceptors (Lipinski definition) is 4. The molecule has 0 amide bonds. The average molecular weight is 348 g/mol. The molecule has 3 aromatic rings. The van der Waals surface area contributed by atoms with E-state index in [0.717, 1.165) is 11.0 Å². The molecule has 0 saturated heterocycles. The Labute approximate surface area is 141 Å². The minimum Gasteiger partial charge on any atom is -0.495 e. The zero-order chi connectivity index (χ0) is 16.6. The lowest BCUT2D eigenvalue weighted by molar-refractivity contribution is 0.417. The van der Waals surface area contributed by atoms with Crippen LogP contribution in [0.1, 0.15) is 17.0 Å². The van der Waals surface area contributed by atoms with Crippen LogP contribution in [0.4, 0.5) is 5.69 Å². The maximum absolute atomic E-state index is 11.8. The summed E-state index contributed by atoms with van der Waals surface area (Å²) in [5.41, 5.74) is 9.43. The first kappa shape index (κ1) is 15.6. The van der Waals surface area contributed by atoms with Crippen molar-refractivity contribution >= 4 is 44.4 Å². The monoisotopic (exact) mass is 347 g/mol. The summed E-state index contributed by atoms with van der Waals surface area (Å²) in [6.45, 7) is 1.81. The van der Waals surface area contributed by atoms with Gasteiger partial charge in [0.2, 0.25) is 0 Å². The molecule has 3 rings (SSSR count). The molecule has 0 unspecified atom stereocenters. The molecule has 0 saturated carbocycles. The van der Waals surface area contributed by atoms with Gasteiger partial charge in [-0.3, -0.25) is 0 Å². The van der Waals surface area contributed by atoms with E-state index in [1.807, 2.05) is 31.2 Å². The van der Waals surface area contributed by atoms with Crippen molar-refractivity contribution in [3.63, 3.8) is 0 Å². The van der Waals surface area contributed by atoms with Crippen molar-refractivity contribution in [1.82, 2.24) is 9.97 Å². The van der Waals surface area contributed by atoms with Gasteiger partial charge >= 0.3 is 0 Å². The molecule has 7 heteroatoms. The zero-order valence-corrected chi connectivity index (χ0v) is 14.1. The topological polar surface area (TPSA) is 81.0 Å². The number of hydrogen-bond donors (Lipinski definition) is 2. The smallest absolute Gasteiger partial charge is 0.152 e. The van der Waals surface area contributed by atoms with Gasteiger partial charge in [0.1, 0.15) is 21.9 Å². The van der Waals surface area contributed by atoms with E-state index < -0.39 is 0 Å². The number of nitrogens with zero attached hydrogens (tertiary/aromatic N) is 1. The number of benzene rings is 2. The van der Waals surface area contributed by atoms with Crippen LogP contribution in [0.15, 0.2) is 30.3 Å². The summed E-state index contributed by atoms with van der Waals surface area (Å²) in [6.07, 6.45) is 0. The summed E-state index contributed by atoms with van der Waals surface area (Å²) in [4.78, 5) is 8.01. The number of nitrogens with one attached hydrogen (secondary N) is 1. The molecule has 0 aliphatic carbocycles. The quantitative estimate of drug-likeness (QED) is 0.433. The molecule has 23 heavy (non-hydrogen) atoms. The number of aromatic amines is 1. The summed E-state index contributed by atoms with van der Waals surface area (Å²) in [5.74, 6) is 0.892. The molecule has 5 nitrogen and oxygen atoms in total. The molecule has 3 N–H and O–H groups in total. The number of H-pyrrole nitrogens is 1. The Kier molecular flexibility index (Phi) is 4.11. The predicted octanol–water partition coefficient (Wildman–Crippen LogP) is 2.90. The minimum absolute atomic E-state index is 0.326. The number of aromatic nitrogens is 2. The van der Waals surface area contributed by atoms with Gasteiger partial charge in [-0.1, -0.05) is 23.7 Å². The van der Waals surface area contributed by atoms with Gasteiger partial charge in [0.05, 0.1) is 23.8 Å². The van der Waals surface area contributed by atoms with Crippen LogP contribution in [0.2, 0.25) is 5.02 Å². The molecule has 1 heterocycles. The van der Waals surface area contributed by atoms with E-state index >= 15 is 0 Å². The summed E-state index contributed by atoms with van der Waals surface area (Å²) < 4.78 is 17.0. The molecule has 118 valence electrons. The van der Waals surface area contributed by atoms with E-state index in [1.54, 1.807) is 6.07 Å². The van der Waals surface area contributed by atoms with E-state index in [-0.39, 0.29) is 0 Å². The third-order valence-electron chi connectivity index (χ3n) is 3.66. The number of para-hydroxylation sites is 2. The van der Waals surface area contributed by atoms with Gasteiger partial charge in [0.25, 0.3) is 0 Å².